The van der Waals surface area contributed by atoms with Gasteiger partial charge in [0.1, 0.15) is 0 Å². The van der Waals surface area contributed by atoms with Gasteiger partial charge in [-0.25, -0.2) is 0 Å². The summed E-state index contributed by atoms with van der Waals surface area (Å²) in [6.45, 7) is 0.175. The van der Waals surface area contributed by atoms with E-state index in [9.17, 15) is 0 Å². The van der Waals surface area contributed by atoms with Crippen molar-refractivity contribution in [2.45, 2.75) is 44.3 Å². The molecule has 1 aromatic rings. The van der Waals surface area contributed by atoms with Crippen LogP contribution in [0, 0.1) is 0 Å². The lowest BCUT2D eigenvalue weighted by molar-refractivity contribution is -0.0716. The molecule has 18 heavy (non-hydrogen) atoms. The second-order valence-electron chi connectivity index (χ2n) is 5.04. The summed E-state index contributed by atoms with van der Waals surface area (Å²) < 4.78 is 11.9. The van der Waals surface area contributed by atoms with Gasteiger partial charge in [-0.1, -0.05) is 11.6 Å². The molecule has 0 amide bonds. The van der Waals surface area contributed by atoms with Crippen LogP contribution in [0.25, 0.3) is 0 Å². The monoisotopic (exact) mass is 268 g/mol. The molecule has 1 spiro atoms. The standard InChI is InChI=1S/C14H17ClO3/c15-11-9-13-12(8-10(11)4-3-7-16)17-14(18-13)5-1-2-6-14/h8-9,16H,1-7H2. The average Bonchev–Trinajstić information content (AvgIpc) is 2.93. The zero-order valence-electron chi connectivity index (χ0n) is 10.2. The van der Waals surface area contributed by atoms with Crippen LogP contribution in [-0.4, -0.2) is 17.5 Å². The van der Waals surface area contributed by atoms with Gasteiger partial charge in [-0.05, 0) is 37.3 Å². The van der Waals surface area contributed by atoms with Crippen LogP contribution >= 0.6 is 11.6 Å². The van der Waals surface area contributed by atoms with Gasteiger partial charge >= 0.3 is 0 Å². The van der Waals surface area contributed by atoms with Gasteiger partial charge in [0.2, 0.25) is 0 Å². The Morgan fingerprint density at radius 3 is 2.50 bits per heavy atom. The molecule has 1 heterocycles. The van der Waals surface area contributed by atoms with E-state index in [1.807, 2.05) is 12.1 Å². The number of benzene rings is 1. The van der Waals surface area contributed by atoms with Crippen LogP contribution in [0.2, 0.25) is 5.02 Å². The van der Waals surface area contributed by atoms with Crippen molar-refractivity contribution >= 4 is 11.6 Å². The predicted octanol–water partition coefficient (Wildman–Crippen LogP) is 3.31. The highest BCUT2D eigenvalue weighted by molar-refractivity contribution is 6.31. The molecule has 1 aliphatic carbocycles. The van der Waals surface area contributed by atoms with Crippen molar-refractivity contribution in [2.24, 2.45) is 0 Å². The third kappa shape index (κ3) is 2.06. The van der Waals surface area contributed by atoms with Gasteiger partial charge in [0, 0.05) is 30.5 Å². The lowest BCUT2D eigenvalue weighted by Crippen LogP contribution is -2.34. The van der Waals surface area contributed by atoms with E-state index in [0.29, 0.717) is 11.4 Å². The summed E-state index contributed by atoms with van der Waals surface area (Å²) in [7, 11) is 0. The number of hydrogen-bond acceptors (Lipinski definition) is 3. The molecular formula is C14H17ClO3. The van der Waals surface area contributed by atoms with Crippen molar-refractivity contribution in [3.05, 3.63) is 22.7 Å². The third-order valence-electron chi connectivity index (χ3n) is 3.67. The van der Waals surface area contributed by atoms with E-state index < -0.39 is 5.79 Å². The molecule has 0 saturated heterocycles. The zero-order valence-corrected chi connectivity index (χ0v) is 11.0. The van der Waals surface area contributed by atoms with Crippen LogP contribution in [0.3, 0.4) is 0 Å². The maximum Gasteiger partial charge on any atom is 0.251 e. The SMILES string of the molecule is OCCCc1cc2c(cc1Cl)OC1(CCCC1)O2. The van der Waals surface area contributed by atoms with E-state index >= 15 is 0 Å². The first kappa shape index (κ1) is 12.1. The fraction of sp³-hybridized carbons (Fsp3) is 0.571. The Morgan fingerprint density at radius 2 is 1.83 bits per heavy atom. The molecule has 1 saturated carbocycles. The summed E-state index contributed by atoms with van der Waals surface area (Å²) in [5, 5.41) is 9.58. The normalized spacial score (nSPS) is 19.7. The van der Waals surface area contributed by atoms with Crippen molar-refractivity contribution in [1.82, 2.24) is 0 Å². The molecule has 0 aromatic heterocycles. The van der Waals surface area contributed by atoms with E-state index in [2.05, 4.69) is 0 Å². The maximum atomic E-state index is 8.88. The Balaban J connectivity index is 1.85. The largest absolute Gasteiger partial charge is 0.448 e. The number of aliphatic hydroxyl groups is 1. The molecule has 1 aromatic carbocycles. The molecule has 2 aliphatic rings. The topological polar surface area (TPSA) is 38.7 Å². The highest BCUT2D eigenvalue weighted by Gasteiger charge is 2.44. The van der Waals surface area contributed by atoms with Crippen LogP contribution in [-0.2, 0) is 6.42 Å². The van der Waals surface area contributed by atoms with Crippen molar-refractivity contribution < 1.29 is 14.6 Å². The predicted molar refractivity (Wildman–Crippen MR) is 69.3 cm³/mol. The quantitative estimate of drug-likeness (QED) is 0.914. The lowest BCUT2D eigenvalue weighted by atomic mass is 10.1. The lowest BCUT2D eigenvalue weighted by Gasteiger charge is -2.21. The van der Waals surface area contributed by atoms with E-state index in [-0.39, 0.29) is 6.61 Å². The van der Waals surface area contributed by atoms with Gasteiger partial charge in [0.05, 0.1) is 0 Å². The summed E-state index contributed by atoms with van der Waals surface area (Å²) in [6, 6.07) is 3.80. The highest BCUT2D eigenvalue weighted by Crippen LogP contribution is 2.48. The summed E-state index contributed by atoms with van der Waals surface area (Å²) >= 11 is 6.22. The van der Waals surface area contributed by atoms with E-state index in [0.717, 1.165) is 49.2 Å². The van der Waals surface area contributed by atoms with Gasteiger partial charge in [-0.2, -0.15) is 0 Å². The average molecular weight is 269 g/mol. The molecule has 3 rings (SSSR count). The van der Waals surface area contributed by atoms with E-state index in [1.165, 1.54) is 0 Å². The molecule has 0 radical (unpaired) electrons. The number of aliphatic hydroxyl groups excluding tert-OH is 1. The number of halogens is 1. The van der Waals surface area contributed by atoms with Gasteiger partial charge in [-0.15, -0.1) is 0 Å². The van der Waals surface area contributed by atoms with E-state index in [4.69, 9.17) is 26.2 Å². The Labute approximate surface area is 112 Å². The zero-order chi connectivity index (χ0) is 12.6. The smallest absolute Gasteiger partial charge is 0.251 e. The number of hydrogen-bond donors (Lipinski definition) is 1. The Morgan fingerprint density at radius 1 is 1.17 bits per heavy atom. The summed E-state index contributed by atoms with van der Waals surface area (Å²) in [4.78, 5) is 0. The second kappa shape index (κ2) is 4.63. The second-order valence-corrected chi connectivity index (χ2v) is 5.45. The van der Waals surface area contributed by atoms with Crippen LogP contribution in [0.4, 0.5) is 0 Å². The molecule has 1 fully saturated rings. The van der Waals surface area contributed by atoms with Crippen LogP contribution in [0.5, 0.6) is 11.5 Å². The number of aryl methyl sites for hydroxylation is 1. The van der Waals surface area contributed by atoms with Crippen LogP contribution < -0.4 is 9.47 Å². The minimum atomic E-state index is -0.429. The van der Waals surface area contributed by atoms with Crippen LogP contribution in [0.1, 0.15) is 37.7 Å². The Kier molecular flexibility index (Phi) is 3.12. The molecule has 3 nitrogen and oxygen atoms in total. The van der Waals surface area contributed by atoms with Gasteiger partial charge in [-0.3, -0.25) is 0 Å². The summed E-state index contributed by atoms with van der Waals surface area (Å²) in [5.41, 5.74) is 1.02. The van der Waals surface area contributed by atoms with Gasteiger partial charge in [0.15, 0.2) is 11.5 Å². The number of ether oxygens (including phenoxy) is 2. The molecule has 0 bridgehead atoms. The minimum Gasteiger partial charge on any atom is -0.448 e. The van der Waals surface area contributed by atoms with Gasteiger partial charge < -0.3 is 14.6 Å². The first-order valence-corrected chi connectivity index (χ1v) is 6.92. The fourth-order valence-corrected chi connectivity index (χ4v) is 2.99. The highest BCUT2D eigenvalue weighted by atomic mass is 35.5. The molecule has 1 N–H and O–H groups in total. The Hall–Kier alpha value is -0.930. The maximum absolute atomic E-state index is 8.88. The van der Waals surface area contributed by atoms with Crippen molar-refractivity contribution in [3.8, 4) is 11.5 Å². The number of rotatable bonds is 3. The molecular weight excluding hydrogens is 252 g/mol. The molecule has 98 valence electrons. The van der Waals surface area contributed by atoms with Crippen molar-refractivity contribution in [2.75, 3.05) is 6.61 Å². The fourth-order valence-electron chi connectivity index (χ4n) is 2.74. The van der Waals surface area contributed by atoms with Crippen molar-refractivity contribution in [1.29, 1.82) is 0 Å². The number of fused-ring (bicyclic) bond motifs is 1. The minimum absolute atomic E-state index is 0.175. The van der Waals surface area contributed by atoms with Crippen LogP contribution in [0.15, 0.2) is 12.1 Å². The molecule has 0 unspecified atom stereocenters. The van der Waals surface area contributed by atoms with Crippen molar-refractivity contribution in [3.63, 3.8) is 0 Å². The summed E-state index contributed by atoms with van der Waals surface area (Å²) in [5.74, 6) is 1.13. The first-order chi connectivity index (χ1) is 8.72. The molecule has 4 heteroatoms. The molecule has 1 aliphatic heterocycles. The Bertz CT molecular complexity index is 453. The third-order valence-corrected chi connectivity index (χ3v) is 4.03. The molecule has 0 atom stereocenters. The summed E-state index contributed by atoms with van der Waals surface area (Å²) in [6.07, 6.45) is 5.68. The van der Waals surface area contributed by atoms with Gasteiger partial charge in [0.25, 0.3) is 5.79 Å². The first-order valence-electron chi connectivity index (χ1n) is 6.54. The van der Waals surface area contributed by atoms with E-state index in [1.54, 1.807) is 0 Å².